The van der Waals surface area contributed by atoms with Crippen molar-refractivity contribution in [1.82, 2.24) is 0 Å². The Morgan fingerprint density at radius 3 is 2.71 bits per heavy atom. The largest absolute Gasteiger partial charge is 0.397 e. The molecule has 0 fully saturated rings. The second kappa shape index (κ2) is 4.91. The normalized spacial score (nSPS) is 10.4. The maximum atomic E-state index is 9.07. The van der Waals surface area contributed by atoms with Gasteiger partial charge in [-0.1, -0.05) is 13.3 Å². The van der Waals surface area contributed by atoms with Crippen LogP contribution in [0.4, 0.5) is 5.69 Å². The molecular formula is C13H14N2S2. The minimum Gasteiger partial charge on any atom is -0.397 e. The second-order valence-electron chi connectivity index (χ2n) is 3.98. The topological polar surface area (TPSA) is 49.8 Å². The number of nitrogens with zero attached hydrogens (tertiary/aromatic N) is 1. The summed E-state index contributed by atoms with van der Waals surface area (Å²) in [6.07, 6.45) is 1.98. The molecule has 0 atom stereocenters. The summed E-state index contributed by atoms with van der Waals surface area (Å²) in [5, 5.41) is 13.3. The first kappa shape index (κ1) is 12.2. The maximum Gasteiger partial charge on any atom is 0.128 e. The summed E-state index contributed by atoms with van der Waals surface area (Å²) in [5.41, 5.74) is 10.4. The van der Waals surface area contributed by atoms with E-state index < -0.39 is 0 Å². The number of anilines is 1. The Balaban J connectivity index is 2.61. The van der Waals surface area contributed by atoms with Gasteiger partial charge in [-0.05, 0) is 35.2 Å². The Morgan fingerprint density at radius 1 is 1.41 bits per heavy atom. The first-order chi connectivity index (χ1) is 8.19. The Bertz CT molecular complexity index is 573. The Kier molecular flexibility index (Phi) is 3.51. The standard InChI is InChI=1S/C13H14N2S2/c1-3-4-9-12(15)11(5-14)17-13(9)10-7-16-6-8(10)2/h6-7H,3-4,15H2,1-2H3. The summed E-state index contributed by atoms with van der Waals surface area (Å²) >= 11 is 3.21. The van der Waals surface area contributed by atoms with Gasteiger partial charge in [0.25, 0.3) is 0 Å². The van der Waals surface area contributed by atoms with Gasteiger partial charge in [0.15, 0.2) is 0 Å². The quantitative estimate of drug-likeness (QED) is 0.901. The molecule has 0 aromatic carbocycles. The van der Waals surface area contributed by atoms with Crippen LogP contribution in [0.15, 0.2) is 10.8 Å². The lowest BCUT2D eigenvalue weighted by Gasteiger charge is -2.03. The number of nitrogens with two attached hydrogens (primary N) is 1. The van der Waals surface area contributed by atoms with Gasteiger partial charge >= 0.3 is 0 Å². The number of thiophene rings is 2. The van der Waals surface area contributed by atoms with Crippen molar-refractivity contribution >= 4 is 28.4 Å². The molecule has 0 bridgehead atoms. The number of nitriles is 1. The molecule has 0 aliphatic rings. The fourth-order valence-corrected chi connectivity index (χ4v) is 3.93. The zero-order chi connectivity index (χ0) is 12.4. The molecule has 2 rings (SSSR count). The van der Waals surface area contributed by atoms with E-state index >= 15 is 0 Å². The Morgan fingerprint density at radius 2 is 2.18 bits per heavy atom. The smallest absolute Gasteiger partial charge is 0.128 e. The predicted molar refractivity (Wildman–Crippen MR) is 75.5 cm³/mol. The monoisotopic (exact) mass is 262 g/mol. The molecule has 88 valence electrons. The van der Waals surface area contributed by atoms with E-state index in [4.69, 9.17) is 11.0 Å². The molecular weight excluding hydrogens is 248 g/mol. The Hall–Kier alpha value is -1.31. The predicted octanol–water partition coefficient (Wildman–Crippen LogP) is 4.19. The van der Waals surface area contributed by atoms with Crippen LogP contribution in [-0.4, -0.2) is 0 Å². The number of hydrogen-bond acceptors (Lipinski definition) is 4. The molecule has 4 heteroatoms. The maximum absolute atomic E-state index is 9.07. The van der Waals surface area contributed by atoms with Gasteiger partial charge < -0.3 is 5.73 Å². The van der Waals surface area contributed by atoms with E-state index in [2.05, 4.69) is 30.7 Å². The molecule has 2 aromatic heterocycles. The van der Waals surface area contributed by atoms with E-state index in [0.29, 0.717) is 10.6 Å². The van der Waals surface area contributed by atoms with E-state index in [9.17, 15) is 0 Å². The van der Waals surface area contributed by atoms with Crippen molar-refractivity contribution < 1.29 is 0 Å². The molecule has 2 heterocycles. The summed E-state index contributed by atoms with van der Waals surface area (Å²) in [5.74, 6) is 0. The highest BCUT2D eigenvalue weighted by Crippen LogP contribution is 2.41. The van der Waals surface area contributed by atoms with Gasteiger partial charge in [-0.25, -0.2) is 0 Å². The van der Waals surface area contributed by atoms with Gasteiger partial charge in [0.2, 0.25) is 0 Å². The van der Waals surface area contributed by atoms with Crippen LogP contribution in [0.1, 0.15) is 29.3 Å². The van der Waals surface area contributed by atoms with Crippen LogP contribution in [0.2, 0.25) is 0 Å². The summed E-state index contributed by atoms with van der Waals surface area (Å²) in [4.78, 5) is 1.83. The highest BCUT2D eigenvalue weighted by molar-refractivity contribution is 7.17. The molecule has 2 N–H and O–H groups in total. The average Bonchev–Trinajstić information content (AvgIpc) is 2.85. The number of rotatable bonds is 3. The molecule has 0 aliphatic carbocycles. The highest BCUT2D eigenvalue weighted by Gasteiger charge is 2.17. The van der Waals surface area contributed by atoms with Crippen LogP contribution >= 0.6 is 22.7 Å². The van der Waals surface area contributed by atoms with Crippen molar-refractivity contribution in [3.8, 4) is 16.5 Å². The summed E-state index contributed by atoms with van der Waals surface area (Å²) < 4.78 is 0. The fraction of sp³-hybridized carbons (Fsp3) is 0.308. The fourth-order valence-electron chi connectivity index (χ4n) is 1.87. The van der Waals surface area contributed by atoms with Crippen LogP contribution in [0.5, 0.6) is 0 Å². The van der Waals surface area contributed by atoms with Gasteiger partial charge in [-0.3, -0.25) is 0 Å². The van der Waals surface area contributed by atoms with Gasteiger partial charge in [0.05, 0.1) is 5.69 Å². The third-order valence-corrected chi connectivity index (χ3v) is 4.80. The van der Waals surface area contributed by atoms with E-state index in [-0.39, 0.29) is 0 Å². The molecule has 0 saturated carbocycles. The first-order valence-electron chi connectivity index (χ1n) is 5.53. The van der Waals surface area contributed by atoms with Crippen molar-refractivity contribution in [1.29, 1.82) is 5.26 Å². The molecule has 0 spiro atoms. The number of aryl methyl sites for hydroxylation is 1. The van der Waals surface area contributed by atoms with Crippen LogP contribution in [0, 0.1) is 18.3 Å². The summed E-state index contributed by atoms with van der Waals surface area (Å²) in [7, 11) is 0. The van der Waals surface area contributed by atoms with Crippen LogP contribution in [0.25, 0.3) is 10.4 Å². The van der Waals surface area contributed by atoms with Crippen molar-refractivity contribution in [2.45, 2.75) is 26.7 Å². The SMILES string of the molecule is CCCc1c(-c2cscc2C)sc(C#N)c1N. The minimum absolute atomic E-state index is 0.647. The lowest BCUT2D eigenvalue weighted by Crippen LogP contribution is -1.93. The zero-order valence-electron chi connectivity index (χ0n) is 9.91. The lowest BCUT2D eigenvalue weighted by atomic mass is 10.0. The summed E-state index contributed by atoms with van der Waals surface area (Å²) in [6.45, 7) is 4.23. The van der Waals surface area contributed by atoms with E-state index in [0.717, 1.165) is 18.4 Å². The molecule has 0 amide bonds. The van der Waals surface area contributed by atoms with Crippen molar-refractivity contribution in [2.75, 3.05) is 5.73 Å². The highest BCUT2D eigenvalue weighted by atomic mass is 32.1. The van der Waals surface area contributed by atoms with E-state index in [1.807, 2.05) is 0 Å². The molecule has 0 unspecified atom stereocenters. The van der Waals surface area contributed by atoms with Crippen molar-refractivity contribution in [2.24, 2.45) is 0 Å². The van der Waals surface area contributed by atoms with Crippen molar-refractivity contribution in [3.63, 3.8) is 0 Å². The zero-order valence-corrected chi connectivity index (χ0v) is 11.5. The third-order valence-electron chi connectivity index (χ3n) is 2.75. The van der Waals surface area contributed by atoms with Crippen molar-refractivity contribution in [3.05, 3.63) is 26.8 Å². The van der Waals surface area contributed by atoms with E-state index in [1.165, 1.54) is 27.3 Å². The van der Waals surface area contributed by atoms with Gasteiger partial charge in [0.1, 0.15) is 10.9 Å². The van der Waals surface area contributed by atoms with Crippen LogP contribution in [0.3, 0.4) is 0 Å². The molecule has 2 nitrogen and oxygen atoms in total. The number of nitrogen functional groups attached to an aromatic ring is 1. The van der Waals surface area contributed by atoms with Gasteiger partial charge in [-0.15, -0.1) is 11.3 Å². The first-order valence-corrected chi connectivity index (χ1v) is 7.29. The third kappa shape index (κ3) is 2.08. The second-order valence-corrected chi connectivity index (χ2v) is 5.75. The number of hydrogen-bond donors (Lipinski definition) is 1. The molecule has 0 radical (unpaired) electrons. The van der Waals surface area contributed by atoms with Crippen LogP contribution in [-0.2, 0) is 6.42 Å². The molecule has 17 heavy (non-hydrogen) atoms. The minimum atomic E-state index is 0.647. The van der Waals surface area contributed by atoms with E-state index in [1.54, 1.807) is 11.3 Å². The molecule has 0 aliphatic heterocycles. The summed E-state index contributed by atoms with van der Waals surface area (Å²) in [6, 6.07) is 2.19. The van der Waals surface area contributed by atoms with Gasteiger partial charge in [0, 0.05) is 10.4 Å². The van der Waals surface area contributed by atoms with Gasteiger partial charge in [-0.2, -0.15) is 16.6 Å². The molecule has 2 aromatic rings. The van der Waals surface area contributed by atoms with Crippen LogP contribution < -0.4 is 5.73 Å². The molecule has 0 saturated heterocycles. The average molecular weight is 262 g/mol. The Labute approximate surface area is 109 Å². The lowest BCUT2D eigenvalue weighted by molar-refractivity contribution is 0.930.